The summed E-state index contributed by atoms with van der Waals surface area (Å²) in [6.07, 6.45) is 40.0. The van der Waals surface area contributed by atoms with Gasteiger partial charge in [-0.1, -0.05) is 174 Å². The molecule has 0 aliphatic carbocycles. The minimum atomic E-state index is -1.00. The SMILES string of the molecule is CCCCCCCCCCCCCCCCC(CCCCCCCC(=O)NC(CCCN)C(=O)O)OC(=O)CCCCCCCCCCCC. The number of amides is 1. The van der Waals surface area contributed by atoms with E-state index in [1.54, 1.807) is 0 Å². The molecular weight excluding hydrogens is 624 g/mol. The number of nitrogens with two attached hydrogens (primary N) is 1. The van der Waals surface area contributed by atoms with Crippen LogP contribution in [0.25, 0.3) is 0 Å². The number of carbonyl (C=O) groups excluding carboxylic acids is 2. The molecule has 0 rings (SSSR count). The van der Waals surface area contributed by atoms with E-state index in [9.17, 15) is 19.5 Å². The molecule has 50 heavy (non-hydrogen) atoms. The summed E-state index contributed by atoms with van der Waals surface area (Å²) >= 11 is 0. The minimum absolute atomic E-state index is 0.0166. The van der Waals surface area contributed by atoms with Crippen LogP contribution in [0.5, 0.6) is 0 Å². The molecule has 296 valence electrons. The Balaban J connectivity index is 4.28. The molecule has 0 aromatic rings. The predicted octanol–water partition coefficient (Wildman–Crippen LogP) is 12.1. The molecule has 0 heterocycles. The van der Waals surface area contributed by atoms with E-state index < -0.39 is 12.0 Å². The van der Waals surface area contributed by atoms with Gasteiger partial charge >= 0.3 is 11.9 Å². The number of hydrogen-bond donors (Lipinski definition) is 3. The molecule has 0 bridgehead atoms. The molecule has 0 spiro atoms. The molecule has 0 fully saturated rings. The molecule has 0 aliphatic rings. The van der Waals surface area contributed by atoms with Gasteiger partial charge in [0.1, 0.15) is 12.1 Å². The standard InChI is InChI=1S/C43H84N2O5/c1-3-5-7-9-11-13-15-16-17-18-19-21-24-28-33-39(50-42(47)37-31-27-22-20-14-12-10-8-6-4-2)34-29-25-23-26-30-36-41(46)45-40(43(48)49)35-32-38-44/h39-40H,3-38,44H2,1-2H3,(H,45,46)(H,48,49). The Morgan fingerprint density at radius 2 is 0.860 bits per heavy atom. The van der Waals surface area contributed by atoms with Crippen LogP contribution in [0.2, 0.25) is 0 Å². The molecular formula is C43H84N2O5. The first-order valence-electron chi connectivity index (χ1n) is 21.9. The normalized spacial score (nSPS) is 12.5. The van der Waals surface area contributed by atoms with Crippen molar-refractivity contribution in [3.8, 4) is 0 Å². The first-order valence-corrected chi connectivity index (χ1v) is 21.9. The van der Waals surface area contributed by atoms with Crippen molar-refractivity contribution in [2.75, 3.05) is 6.54 Å². The maximum atomic E-state index is 12.7. The summed E-state index contributed by atoms with van der Waals surface area (Å²) in [5.74, 6) is -1.21. The highest BCUT2D eigenvalue weighted by molar-refractivity contribution is 5.83. The van der Waals surface area contributed by atoms with Crippen LogP contribution < -0.4 is 11.1 Å². The molecule has 0 saturated carbocycles. The molecule has 0 radical (unpaired) electrons. The van der Waals surface area contributed by atoms with E-state index in [1.165, 1.54) is 135 Å². The topological polar surface area (TPSA) is 119 Å². The molecule has 0 aromatic heterocycles. The fraction of sp³-hybridized carbons (Fsp3) is 0.930. The molecule has 2 atom stereocenters. The molecule has 2 unspecified atom stereocenters. The predicted molar refractivity (Wildman–Crippen MR) is 211 cm³/mol. The highest BCUT2D eigenvalue weighted by Gasteiger charge is 2.19. The Labute approximate surface area is 309 Å². The zero-order chi connectivity index (χ0) is 36.8. The van der Waals surface area contributed by atoms with Crippen molar-refractivity contribution in [1.82, 2.24) is 5.32 Å². The minimum Gasteiger partial charge on any atom is -0.480 e. The Morgan fingerprint density at radius 1 is 0.500 bits per heavy atom. The fourth-order valence-corrected chi connectivity index (χ4v) is 6.86. The maximum Gasteiger partial charge on any atom is 0.326 e. The average Bonchev–Trinajstić information content (AvgIpc) is 3.10. The lowest BCUT2D eigenvalue weighted by Crippen LogP contribution is -2.40. The lowest BCUT2D eigenvalue weighted by atomic mass is 10.0. The van der Waals surface area contributed by atoms with Crippen molar-refractivity contribution in [3.05, 3.63) is 0 Å². The van der Waals surface area contributed by atoms with Gasteiger partial charge < -0.3 is 20.9 Å². The van der Waals surface area contributed by atoms with E-state index >= 15 is 0 Å². The summed E-state index contributed by atoms with van der Waals surface area (Å²) in [6, 6.07) is -0.851. The van der Waals surface area contributed by atoms with Crippen molar-refractivity contribution < 1.29 is 24.2 Å². The van der Waals surface area contributed by atoms with Crippen LogP contribution in [0, 0.1) is 0 Å². The van der Waals surface area contributed by atoms with E-state index in [0.29, 0.717) is 32.2 Å². The van der Waals surface area contributed by atoms with Gasteiger partial charge in [-0.25, -0.2) is 4.79 Å². The van der Waals surface area contributed by atoms with Crippen molar-refractivity contribution in [2.45, 2.75) is 251 Å². The second-order valence-corrected chi connectivity index (χ2v) is 15.1. The van der Waals surface area contributed by atoms with Crippen molar-refractivity contribution in [2.24, 2.45) is 5.73 Å². The van der Waals surface area contributed by atoms with Crippen LogP contribution >= 0.6 is 0 Å². The Bertz CT molecular complexity index is 762. The molecule has 0 aromatic carbocycles. The molecule has 7 heteroatoms. The number of unbranched alkanes of at least 4 members (excludes halogenated alkanes) is 26. The molecule has 0 saturated heterocycles. The first-order chi connectivity index (χ1) is 24.4. The van der Waals surface area contributed by atoms with Crippen LogP contribution in [0.1, 0.15) is 239 Å². The van der Waals surface area contributed by atoms with E-state index in [-0.39, 0.29) is 18.0 Å². The van der Waals surface area contributed by atoms with Gasteiger partial charge in [-0.2, -0.15) is 0 Å². The van der Waals surface area contributed by atoms with E-state index in [4.69, 9.17) is 10.5 Å². The zero-order valence-corrected chi connectivity index (χ0v) is 33.3. The van der Waals surface area contributed by atoms with Crippen LogP contribution in [0.3, 0.4) is 0 Å². The number of nitrogens with one attached hydrogen (secondary N) is 1. The third-order valence-electron chi connectivity index (χ3n) is 10.2. The van der Waals surface area contributed by atoms with Crippen LogP contribution in [0.4, 0.5) is 0 Å². The smallest absolute Gasteiger partial charge is 0.326 e. The number of carbonyl (C=O) groups is 3. The van der Waals surface area contributed by atoms with E-state index in [2.05, 4.69) is 19.2 Å². The van der Waals surface area contributed by atoms with Crippen LogP contribution in [-0.4, -0.2) is 41.6 Å². The van der Waals surface area contributed by atoms with Crippen molar-refractivity contribution in [1.29, 1.82) is 0 Å². The third kappa shape index (κ3) is 34.8. The number of rotatable bonds is 40. The summed E-state index contributed by atoms with van der Waals surface area (Å²) in [4.78, 5) is 36.3. The van der Waals surface area contributed by atoms with Gasteiger partial charge in [-0.15, -0.1) is 0 Å². The van der Waals surface area contributed by atoms with Crippen molar-refractivity contribution >= 4 is 17.8 Å². The lowest BCUT2D eigenvalue weighted by molar-refractivity contribution is -0.150. The second kappa shape index (κ2) is 38.6. The highest BCUT2D eigenvalue weighted by Crippen LogP contribution is 2.19. The van der Waals surface area contributed by atoms with Gasteiger partial charge in [0.25, 0.3) is 0 Å². The maximum absolute atomic E-state index is 12.7. The molecule has 4 N–H and O–H groups in total. The van der Waals surface area contributed by atoms with Gasteiger partial charge in [0.15, 0.2) is 0 Å². The second-order valence-electron chi connectivity index (χ2n) is 15.1. The van der Waals surface area contributed by atoms with Crippen LogP contribution in [-0.2, 0) is 19.1 Å². The molecule has 1 amide bonds. The fourth-order valence-electron chi connectivity index (χ4n) is 6.86. The summed E-state index contributed by atoms with van der Waals surface area (Å²) in [6.45, 7) is 4.95. The first kappa shape index (κ1) is 48.4. The summed E-state index contributed by atoms with van der Waals surface area (Å²) < 4.78 is 6.04. The monoisotopic (exact) mass is 709 g/mol. The molecule has 7 nitrogen and oxygen atoms in total. The van der Waals surface area contributed by atoms with Crippen molar-refractivity contribution in [3.63, 3.8) is 0 Å². The quantitative estimate of drug-likeness (QED) is 0.0430. The van der Waals surface area contributed by atoms with Gasteiger partial charge in [0.2, 0.25) is 5.91 Å². The van der Waals surface area contributed by atoms with Gasteiger partial charge in [0.05, 0.1) is 0 Å². The Kier molecular flexibility index (Phi) is 37.3. The number of esters is 1. The van der Waals surface area contributed by atoms with Crippen LogP contribution in [0.15, 0.2) is 0 Å². The number of ether oxygens (including phenoxy) is 1. The Hall–Kier alpha value is -1.63. The largest absolute Gasteiger partial charge is 0.480 e. The number of carboxylic acid groups (broad SMARTS) is 1. The summed E-state index contributed by atoms with van der Waals surface area (Å²) in [7, 11) is 0. The van der Waals surface area contributed by atoms with Gasteiger partial charge in [-0.05, 0) is 57.9 Å². The number of carboxylic acids is 1. The highest BCUT2D eigenvalue weighted by atomic mass is 16.5. The average molecular weight is 709 g/mol. The third-order valence-corrected chi connectivity index (χ3v) is 10.2. The Morgan fingerprint density at radius 3 is 1.24 bits per heavy atom. The number of aliphatic carboxylic acids is 1. The van der Waals surface area contributed by atoms with E-state index in [1.807, 2.05) is 0 Å². The number of hydrogen-bond acceptors (Lipinski definition) is 5. The van der Waals surface area contributed by atoms with E-state index in [0.717, 1.165) is 64.2 Å². The van der Waals surface area contributed by atoms with Gasteiger partial charge in [-0.3, -0.25) is 9.59 Å². The zero-order valence-electron chi connectivity index (χ0n) is 33.3. The summed E-state index contributed by atoms with van der Waals surface area (Å²) in [5, 5.41) is 11.9. The summed E-state index contributed by atoms with van der Waals surface area (Å²) in [5.41, 5.74) is 5.48. The molecule has 0 aliphatic heterocycles. The van der Waals surface area contributed by atoms with Gasteiger partial charge in [0, 0.05) is 12.8 Å². The lowest BCUT2D eigenvalue weighted by Gasteiger charge is -2.18.